The second-order valence-corrected chi connectivity index (χ2v) is 4.15. The lowest BCUT2D eigenvalue weighted by molar-refractivity contribution is -0.115. The predicted molar refractivity (Wildman–Crippen MR) is 67.9 cm³/mol. The van der Waals surface area contributed by atoms with Crippen molar-refractivity contribution in [3.63, 3.8) is 0 Å². The molecule has 1 heterocycles. The standard InChI is InChI=1S/C12H15FN4O/c1-8-6-14-12(16-8)15-7-11(18)17-10-4-2-3-9(13)5-10/h2-5,8H,6-7H2,1H3,(H,17,18)(H2,14,15,16). The number of nitrogens with zero attached hydrogens (tertiary/aromatic N) is 1. The van der Waals surface area contributed by atoms with Gasteiger partial charge in [0.2, 0.25) is 5.91 Å². The summed E-state index contributed by atoms with van der Waals surface area (Å²) in [6, 6.07) is 6.06. The molecular formula is C12H15FN4O. The molecule has 1 aromatic rings. The number of carbonyl (C=O) groups is 1. The third kappa shape index (κ3) is 3.44. The Morgan fingerprint density at radius 3 is 3.11 bits per heavy atom. The van der Waals surface area contributed by atoms with E-state index in [1.54, 1.807) is 12.1 Å². The molecule has 3 N–H and O–H groups in total. The zero-order chi connectivity index (χ0) is 13.0. The van der Waals surface area contributed by atoms with Crippen molar-refractivity contribution in [2.45, 2.75) is 13.0 Å². The van der Waals surface area contributed by atoms with Crippen LogP contribution in [0.1, 0.15) is 6.92 Å². The normalized spacial score (nSPS) is 17.9. The minimum atomic E-state index is -0.378. The predicted octanol–water partition coefficient (Wildman–Crippen LogP) is 0.701. The van der Waals surface area contributed by atoms with Gasteiger partial charge in [-0.2, -0.15) is 0 Å². The van der Waals surface area contributed by atoms with E-state index in [9.17, 15) is 9.18 Å². The lowest BCUT2D eigenvalue weighted by atomic mass is 10.3. The van der Waals surface area contributed by atoms with Crippen LogP contribution >= 0.6 is 0 Å². The quantitative estimate of drug-likeness (QED) is 0.740. The van der Waals surface area contributed by atoms with Gasteiger partial charge in [-0.15, -0.1) is 0 Å². The Kier molecular flexibility index (Phi) is 3.76. The highest BCUT2D eigenvalue weighted by Gasteiger charge is 2.12. The maximum absolute atomic E-state index is 12.9. The monoisotopic (exact) mass is 250 g/mol. The van der Waals surface area contributed by atoms with Crippen molar-refractivity contribution >= 4 is 17.6 Å². The molecule has 1 atom stereocenters. The summed E-state index contributed by atoms with van der Waals surface area (Å²) < 4.78 is 12.9. The molecule has 0 bridgehead atoms. The van der Waals surface area contributed by atoms with Crippen LogP contribution in [0.3, 0.4) is 0 Å². The molecule has 1 unspecified atom stereocenters. The van der Waals surface area contributed by atoms with Gasteiger partial charge in [0.05, 0.1) is 13.1 Å². The van der Waals surface area contributed by atoms with Crippen LogP contribution in [0.4, 0.5) is 10.1 Å². The fourth-order valence-corrected chi connectivity index (χ4v) is 1.60. The van der Waals surface area contributed by atoms with Gasteiger partial charge in [-0.05, 0) is 25.1 Å². The van der Waals surface area contributed by atoms with Gasteiger partial charge in [0.1, 0.15) is 5.82 Å². The van der Waals surface area contributed by atoms with Crippen molar-refractivity contribution < 1.29 is 9.18 Å². The van der Waals surface area contributed by atoms with Crippen molar-refractivity contribution in [3.05, 3.63) is 30.1 Å². The molecular weight excluding hydrogens is 235 g/mol. The van der Waals surface area contributed by atoms with Crippen LogP contribution in [0.2, 0.25) is 0 Å². The lowest BCUT2D eigenvalue weighted by Crippen LogP contribution is -2.41. The van der Waals surface area contributed by atoms with Crippen LogP contribution in [0, 0.1) is 5.82 Å². The second kappa shape index (κ2) is 5.48. The van der Waals surface area contributed by atoms with Gasteiger partial charge >= 0.3 is 0 Å². The Morgan fingerprint density at radius 1 is 1.61 bits per heavy atom. The van der Waals surface area contributed by atoms with E-state index < -0.39 is 0 Å². The van der Waals surface area contributed by atoms with Gasteiger partial charge in [0.15, 0.2) is 5.96 Å². The van der Waals surface area contributed by atoms with Crippen molar-refractivity contribution in [1.29, 1.82) is 0 Å². The van der Waals surface area contributed by atoms with E-state index in [2.05, 4.69) is 20.9 Å². The average molecular weight is 250 g/mol. The number of nitrogens with one attached hydrogen (secondary N) is 3. The first-order valence-electron chi connectivity index (χ1n) is 5.74. The molecule has 1 aliphatic rings. The summed E-state index contributed by atoms with van der Waals surface area (Å²) >= 11 is 0. The van der Waals surface area contributed by atoms with Crippen molar-refractivity contribution in [2.75, 3.05) is 18.4 Å². The number of rotatable bonds is 3. The number of aliphatic imine (C=N–C) groups is 1. The Balaban J connectivity index is 1.79. The molecule has 5 nitrogen and oxygen atoms in total. The summed E-state index contributed by atoms with van der Waals surface area (Å²) in [5, 5.41) is 8.55. The van der Waals surface area contributed by atoms with Crippen LogP contribution < -0.4 is 16.0 Å². The fraction of sp³-hybridized carbons (Fsp3) is 0.333. The topological polar surface area (TPSA) is 65.5 Å². The maximum atomic E-state index is 12.9. The third-order valence-electron chi connectivity index (χ3n) is 2.43. The molecule has 0 aromatic heterocycles. The average Bonchev–Trinajstić information content (AvgIpc) is 2.73. The minimum Gasteiger partial charge on any atom is -0.352 e. The summed E-state index contributed by atoms with van der Waals surface area (Å²) in [6.45, 7) is 2.80. The largest absolute Gasteiger partial charge is 0.352 e. The van der Waals surface area contributed by atoms with Gasteiger partial charge in [0.25, 0.3) is 0 Å². The number of hydrogen-bond acceptors (Lipinski definition) is 4. The molecule has 0 saturated carbocycles. The molecule has 1 aliphatic heterocycles. The molecule has 0 saturated heterocycles. The van der Waals surface area contributed by atoms with Gasteiger partial charge in [-0.3, -0.25) is 9.79 Å². The first-order valence-corrected chi connectivity index (χ1v) is 5.74. The summed E-state index contributed by atoms with van der Waals surface area (Å²) in [7, 11) is 0. The Bertz CT molecular complexity index is 475. The third-order valence-corrected chi connectivity index (χ3v) is 2.43. The van der Waals surface area contributed by atoms with E-state index >= 15 is 0 Å². The van der Waals surface area contributed by atoms with E-state index in [0.29, 0.717) is 24.2 Å². The summed E-state index contributed by atoms with van der Waals surface area (Å²) in [6.07, 6.45) is 0. The zero-order valence-corrected chi connectivity index (χ0v) is 10.0. The molecule has 0 radical (unpaired) electrons. The lowest BCUT2D eigenvalue weighted by Gasteiger charge is -2.09. The molecule has 96 valence electrons. The summed E-state index contributed by atoms with van der Waals surface area (Å²) in [5.74, 6) is -0.00189. The van der Waals surface area contributed by atoms with Gasteiger partial charge in [-0.1, -0.05) is 6.07 Å². The first kappa shape index (κ1) is 12.3. The molecule has 0 aliphatic carbocycles. The molecule has 18 heavy (non-hydrogen) atoms. The number of carbonyl (C=O) groups excluding carboxylic acids is 1. The van der Waals surface area contributed by atoms with Gasteiger partial charge in [0, 0.05) is 11.7 Å². The Morgan fingerprint density at radius 2 is 2.44 bits per heavy atom. The number of amides is 1. The van der Waals surface area contributed by atoms with Crippen molar-refractivity contribution in [3.8, 4) is 0 Å². The van der Waals surface area contributed by atoms with E-state index in [0.717, 1.165) is 0 Å². The minimum absolute atomic E-state index is 0.0923. The van der Waals surface area contributed by atoms with E-state index in [4.69, 9.17) is 0 Å². The van der Waals surface area contributed by atoms with Crippen LogP contribution in [-0.2, 0) is 4.79 Å². The highest BCUT2D eigenvalue weighted by Crippen LogP contribution is 2.08. The van der Waals surface area contributed by atoms with E-state index in [1.165, 1.54) is 12.1 Å². The summed E-state index contributed by atoms with van der Waals surface area (Å²) in [5.41, 5.74) is 0.441. The number of halogens is 1. The van der Waals surface area contributed by atoms with Crippen LogP contribution in [-0.4, -0.2) is 31.0 Å². The highest BCUT2D eigenvalue weighted by molar-refractivity contribution is 5.95. The molecule has 1 amide bonds. The maximum Gasteiger partial charge on any atom is 0.243 e. The highest BCUT2D eigenvalue weighted by atomic mass is 19.1. The van der Waals surface area contributed by atoms with Crippen molar-refractivity contribution in [1.82, 2.24) is 10.6 Å². The fourth-order valence-electron chi connectivity index (χ4n) is 1.60. The smallest absolute Gasteiger partial charge is 0.243 e. The van der Waals surface area contributed by atoms with Crippen LogP contribution in [0.15, 0.2) is 29.3 Å². The Hall–Kier alpha value is -2.11. The Labute approximate surface area is 104 Å². The number of guanidine groups is 1. The molecule has 0 spiro atoms. The first-order chi connectivity index (χ1) is 8.63. The van der Waals surface area contributed by atoms with Gasteiger partial charge < -0.3 is 16.0 Å². The zero-order valence-electron chi connectivity index (χ0n) is 10.0. The summed E-state index contributed by atoms with van der Waals surface area (Å²) in [4.78, 5) is 15.7. The second-order valence-electron chi connectivity index (χ2n) is 4.15. The molecule has 1 aromatic carbocycles. The van der Waals surface area contributed by atoms with E-state index in [-0.39, 0.29) is 18.3 Å². The SMILES string of the molecule is CC1CN=C(NCC(=O)Nc2cccc(F)c2)N1. The van der Waals surface area contributed by atoms with Crippen LogP contribution in [0.25, 0.3) is 0 Å². The number of hydrogen-bond donors (Lipinski definition) is 3. The van der Waals surface area contributed by atoms with Crippen molar-refractivity contribution in [2.24, 2.45) is 4.99 Å². The van der Waals surface area contributed by atoms with Crippen LogP contribution in [0.5, 0.6) is 0 Å². The van der Waals surface area contributed by atoms with E-state index in [1.807, 2.05) is 6.92 Å². The number of benzene rings is 1. The molecule has 6 heteroatoms. The molecule has 2 rings (SSSR count). The number of anilines is 1. The molecule has 0 fully saturated rings. The van der Waals surface area contributed by atoms with Gasteiger partial charge in [-0.25, -0.2) is 4.39 Å².